The molecule has 2 aliphatic rings. The van der Waals surface area contributed by atoms with Gasteiger partial charge in [-0.05, 0) is 44.7 Å². The monoisotopic (exact) mass is 210 g/mol. The molecule has 1 atom stereocenters. The molecule has 15 heavy (non-hydrogen) atoms. The summed E-state index contributed by atoms with van der Waals surface area (Å²) < 4.78 is 0. The van der Waals surface area contributed by atoms with Crippen LogP contribution in [0.5, 0.6) is 0 Å². The first-order valence-electron chi connectivity index (χ1n) is 6.33. The molecule has 3 heteroatoms. The highest BCUT2D eigenvalue weighted by atomic mass is 16.2. The maximum atomic E-state index is 11.8. The van der Waals surface area contributed by atoms with E-state index in [1.54, 1.807) is 0 Å². The molecule has 0 aromatic heterocycles. The number of nitrogens with zero attached hydrogens (tertiary/aromatic N) is 1. The summed E-state index contributed by atoms with van der Waals surface area (Å²) in [6.07, 6.45) is 5.61. The zero-order valence-corrected chi connectivity index (χ0v) is 9.67. The standard InChI is InChI=1S/C12H22N2O/c1-2-12(15)14-9-3-4-11(14)10-5-7-13-8-6-10/h10-11,13H,2-9H2,1H3. The second-order valence-electron chi connectivity index (χ2n) is 4.74. The van der Waals surface area contributed by atoms with Gasteiger partial charge < -0.3 is 10.2 Å². The largest absolute Gasteiger partial charge is 0.339 e. The van der Waals surface area contributed by atoms with E-state index in [0.29, 0.717) is 18.4 Å². The smallest absolute Gasteiger partial charge is 0.222 e. The van der Waals surface area contributed by atoms with Crippen LogP contribution >= 0.6 is 0 Å². The van der Waals surface area contributed by atoms with Crippen LogP contribution in [0.15, 0.2) is 0 Å². The molecule has 1 amide bonds. The molecule has 1 unspecified atom stereocenters. The highest BCUT2D eigenvalue weighted by Crippen LogP contribution is 2.29. The summed E-state index contributed by atoms with van der Waals surface area (Å²) in [5.74, 6) is 1.11. The van der Waals surface area contributed by atoms with Gasteiger partial charge in [-0.3, -0.25) is 4.79 Å². The van der Waals surface area contributed by atoms with Crippen LogP contribution < -0.4 is 5.32 Å². The Morgan fingerprint density at radius 3 is 2.73 bits per heavy atom. The predicted octanol–water partition coefficient (Wildman–Crippen LogP) is 1.39. The van der Waals surface area contributed by atoms with E-state index in [-0.39, 0.29) is 0 Å². The van der Waals surface area contributed by atoms with Crippen LogP contribution in [0, 0.1) is 5.92 Å². The number of carbonyl (C=O) groups is 1. The van der Waals surface area contributed by atoms with E-state index in [4.69, 9.17) is 0 Å². The minimum atomic E-state index is 0.357. The van der Waals surface area contributed by atoms with Crippen molar-refractivity contribution in [2.45, 2.75) is 45.1 Å². The van der Waals surface area contributed by atoms with Crippen molar-refractivity contribution in [1.82, 2.24) is 10.2 Å². The number of rotatable bonds is 2. The number of likely N-dealkylation sites (tertiary alicyclic amines) is 1. The lowest BCUT2D eigenvalue weighted by molar-refractivity contribution is -0.132. The average Bonchev–Trinajstić information content (AvgIpc) is 2.78. The Bertz CT molecular complexity index is 224. The Labute approximate surface area is 92.2 Å². The fourth-order valence-corrected chi connectivity index (χ4v) is 3.02. The van der Waals surface area contributed by atoms with E-state index >= 15 is 0 Å². The van der Waals surface area contributed by atoms with E-state index < -0.39 is 0 Å². The molecule has 0 radical (unpaired) electrons. The zero-order valence-electron chi connectivity index (χ0n) is 9.67. The fraction of sp³-hybridized carbons (Fsp3) is 0.917. The van der Waals surface area contributed by atoms with Gasteiger partial charge in [-0.15, -0.1) is 0 Å². The number of nitrogens with one attached hydrogen (secondary N) is 1. The summed E-state index contributed by atoms with van der Waals surface area (Å²) in [4.78, 5) is 13.9. The first-order chi connectivity index (χ1) is 7.33. The number of piperidine rings is 1. The average molecular weight is 210 g/mol. The molecular formula is C12H22N2O. The van der Waals surface area contributed by atoms with Crippen LogP contribution in [0.1, 0.15) is 39.0 Å². The molecule has 1 N–H and O–H groups in total. The topological polar surface area (TPSA) is 32.3 Å². The highest BCUT2D eigenvalue weighted by Gasteiger charge is 2.34. The summed E-state index contributed by atoms with van der Waals surface area (Å²) in [7, 11) is 0. The molecule has 2 aliphatic heterocycles. The number of carbonyl (C=O) groups excluding carboxylic acids is 1. The number of hydrogen-bond donors (Lipinski definition) is 1. The van der Waals surface area contributed by atoms with Crippen LogP contribution in [-0.2, 0) is 4.79 Å². The maximum absolute atomic E-state index is 11.8. The summed E-state index contributed by atoms with van der Waals surface area (Å²) in [5, 5.41) is 3.39. The Hall–Kier alpha value is -0.570. The van der Waals surface area contributed by atoms with Crippen molar-refractivity contribution in [1.29, 1.82) is 0 Å². The SMILES string of the molecule is CCC(=O)N1CCCC1C1CCNCC1. The van der Waals surface area contributed by atoms with E-state index in [1.807, 2.05) is 6.92 Å². The van der Waals surface area contributed by atoms with Gasteiger partial charge in [0.2, 0.25) is 5.91 Å². The molecule has 3 nitrogen and oxygen atoms in total. The Morgan fingerprint density at radius 2 is 2.07 bits per heavy atom. The Morgan fingerprint density at radius 1 is 1.33 bits per heavy atom. The summed E-state index contributed by atoms with van der Waals surface area (Å²) >= 11 is 0. The van der Waals surface area contributed by atoms with Crippen molar-refractivity contribution in [3.8, 4) is 0 Å². The Balaban J connectivity index is 1.97. The minimum absolute atomic E-state index is 0.357. The van der Waals surface area contributed by atoms with Crippen LogP contribution in [0.3, 0.4) is 0 Å². The van der Waals surface area contributed by atoms with Crippen LogP contribution in [0.4, 0.5) is 0 Å². The summed E-state index contributed by atoms with van der Waals surface area (Å²) in [6, 6.07) is 0.555. The van der Waals surface area contributed by atoms with Crippen molar-refractivity contribution >= 4 is 5.91 Å². The zero-order chi connectivity index (χ0) is 10.7. The maximum Gasteiger partial charge on any atom is 0.222 e. The normalized spacial score (nSPS) is 28.3. The third kappa shape index (κ3) is 2.33. The molecule has 0 spiro atoms. The lowest BCUT2D eigenvalue weighted by Gasteiger charge is -2.34. The van der Waals surface area contributed by atoms with E-state index in [1.165, 1.54) is 25.7 Å². The van der Waals surface area contributed by atoms with Crippen molar-refractivity contribution in [3.63, 3.8) is 0 Å². The van der Waals surface area contributed by atoms with Gasteiger partial charge >= 0.3 is 0 Å². The molecule has 2 fully saturated rings. The van der Waals surface area contributed by atoms with Gasteiger partial charge in [0.05, 0.1) is 0 Å². The van der Waals surface area contributed by atoms with Gasteiger partial charge in [-0.1, -0.05) is 6.92 Å². The summed E-state index contributed by atoms with van der Waals surface area (Å²) in [5.41, 5.74) is 0. The quantitative estimate of drug-likeness (QED) is 0.747. The Kier molecular flexibility index (Phi) is 3.62. The number of amides is 1. The molecule has 2 rings (SSSR count). The van der Waals surface area contributed by atoms with E-state index in [9.17, 15) is 4.79 Å². The van der Waals surface area contributed by atoms with Gasteiger partial charge in [0.1, 0.15) is 0 Å². The number of hydrogen-bond acceptors (Lipinski definition) is 2. The molecule has 0 aromatic carbocycles. The highest BCUT2D eigenvalue weighted by molar-refractivity contribution is 5.76. The van der Waals surface area contributed by atoms with Gasteiger partial charge in [-0.2, -0.15) is 0 Å². The van der Waals surface area contributed by atoms with Gasteiger partial charge in [0.25, 0.3) is 0 Å². The van der Waals surface area contributed by atoms with Gasteiger partial charge in [-0.25, -0.2) is 0 Å². The second kappa shape index (κ2) is 4.97. The third-order valence-electron chi connectivity index (χ3n) is 3.85. The van der Waals surface area contributed by atoms with Gasteiger partial charge in [0.15, 0.2) is 0 Å². The van der Waals surface area contributed by atoms with Crippen LogP contribution in [-0.4, -0.2) is 36.5 Å². The van der Waals surface area contributed by atoms with Crippen LogP contribution in [0.2, 0.25) is 0 Å². The lowest BCUT2D eigenvalue weighted by Crippen LogP contribution is -2.43. The summed E-state index contributed by atoms with van der Waals surface area (Å²) in [6.45, 7) is 5.24. The van der Waals surface area contributed by atoms with Crippen molar-refractivity contribution in [2.24, 2.45) is 5.92 Å². The second-order valence-corrected chi connectivity index (χ2v) is 4.74. The van der Waals surface area contributed by atoms with Crippen molar-refractivity contribution in [2.75, 3.05) is 19.6 Å². The van der Waals surface area contributed by atoms with Crippen molar-refractivity contribution < 1.29 is 4.79 Å². The molecule has 86 valence electrons. The van der Waals surface area contributed by atoms with Crippen molar-refractivity contribution in [3.05, 3.63) is 0 Å². The van der Waals surface area contributed by atoms with Gasteiger partial charge in [0, 0.05) is 19.0 Å². The first kappa shape index (κ1) is 10.9. The lowest BCUT2D eigenvalue weighted by atomic mass is 9.88. The van der Waals surface area contributed by atoms with E-state index in [0.717, 1.165) is 25.6 Å². The molecule has 0 bridgehead atoms. The minimum Gasteiger partial charge on any atom is -0.339 e. The predicted molar refractivity (Wildman–Crippen MR) is 60.6 cm³/mol. The molecule has 2 heterocycles. The molecule has 0 aromatic rings. The third-order valence-corrected chi connectivity index (χ3v) is 3.85. The molecule has 0 saturated carbocycles. The van der Waals surface area contributed by atoms with E-state index in [2.05, 4.69) is 10.2 Å². The molecular weight excluding hydrogens is 188 g/mol. The first-order valence-corrected chi connectivity index (χ1v) is 6.33. The molecule has 2 saturated heterocycles. The molecule has 0 aliphatic carbocycles. The fourth-order valence-electron chi connectivity index (χ4n) is 3.02. The van der Waals surface area contributed by atoms with Crippen LogP contribution in [0.25, 0.3) is 0 Å².